The molecular formula is C19H21NS. The quantitative estimate of drug-likeness (QED) is 0.682. The Kier molecular flexibility index (Phi) is 4.09. The van der Waals surface area contributed by atoms with E-state index in [1.807, 2.05) is 11.3 Å². The molecule has 1 atom stereocenters. The van der Waals surface area contributed by atoms with Crippen molar-refractivity contribution in [2.45, 2.75) is 33.4 Å². The van der Waals surface area contributed by atoms with Gasteiger partial charge in [-0.05, 0) is 54.8 Å². The van der Waals surface area contributed by atoms with Gasteiger partial charge in [-0.3, -0.25) is 0 Å². The summed E-state index contributed by atoms with van der Waals surface area (Å²) in [6.45, 7) is 7.54. The molecule has 1 nitrogen and oxygen atoms in total. The van der Waals surface area contributed by atoms with E-state index in [1.54, 1.807) is 0 Å². The number of nitrogens with one attached hydrogen (secondary N) is 1. The first kappa shape index (κ1) is 14.3. The van der Waals surface area contributed by atoms with E-state index in [-0.39, 0.29) is 0 Å². The van der Waals surface area contributed by atoms with Gasteiger partial charge in [0.05, 0.1) is 0 Å². The zero-order valence-corrected chi connectivity index (χ0v) is 13.6. The molecule has 1 aromatic heterocycles. The van der Waals surface area contributed by atoms with Gasteiger partial charge in [0.2, 0.25) is 0 Å². The summed E-state index contributed by atoms with van der Waals surface area (Å²) in [7, 11) is 0. The van der Waals surface area contributed by atoms with Crippen LogP contribution in [0.2, 0.25) is 0 Å². The molecule has 0 saturated carbocycles. The monoisotopic (exact) mass is 295 g/mol. The normalized spacial score (nSPS) is 12.7. The second-order valence-electron chi connectivity index (χ2n) is 5.65. The molecule has 3 aromatic rings. The van der Waals surface area contributed by atoms with Gasteiger partial charge in [-0.2, -0.15) is 0 Å². The number of rotatable bonds is 4. The van der Waals surface area contributed by atoms with Gasteiger partial charge >= 0.3 is 0 Å². The fourth-order valence-electron chi connectivity index (χ4n) is 2.81. The minimum atomic E-state index is 0.390. The van der Waals surface area contributed by atoms with Crippen LogP contribution in [-0.4, -0.2) is 0 Å². The number of benzene rings is 2. The molecule has 0 aliphatic rings. The Balaban J connectivity index is 1.72. The van der Waals surface area contributed by atoms with Crippen molar-refractivity contribution >= 4 is 22.1 Å². The molecule has 0 aliphatic heterocycles. The van der Waals surface area contributed by atoms with Gasteiger partial charge in [0.1, 0.15) is 0 Å². The van der Waals surface area contributed by atoms with Crippen LogP contribution in [0.3, 0.4) is 0 Å². The zero-order valence-electron chi connectivity index (χ0n) is 12.8. The predicted octanol–water partition coefficient (Wildman–Crippen LogP) is 5.37. The molecule has 0 spiro atoms. The van der Waals surface area contributed by atoms with Gasteiger partial charge in [-0.1, -0.05) is 36.4 Å². The van der Waals surface area contributed by atoms with E-state index in [9.17, 15) is 0 Å². The molecule has 108 valence electrons. The smallest absolute Gasteiger partial charge is 0.0305 e. The molecule has 1 N–H and O–H groups in total. The Hall–Kier alpha value is -1.64. The van der Waals surface area contributed by atoms with Crippen molar-refractivity contribution < 1.29 is 0 Å². The lowest BCUT2D eigenvalue weighted by atomic mass is 10.1. The second kappa shape index (κ2) is 6.00. The van der Waals surface area contributed by atoms with Crippen LogP contribution in [-0.2, 0) is 6.54 Å². The minimum Gasteiger partial charge on any atom is -0.306 e. The molecule has 0 fully saturated rings. The molecule has 2 heteroatoms. The Morgan fingerprint density at radius 1 is 1.00 bits per heavy atom. The summed E-state index contributed by atoms with van der Waals surface area (Å²) >= 11 is 1.88. The van der Waals surface area contributed by atoms with Gasteiger partial charge in [0.15, 0.2) is 0 Å². The van der Waals surface area contributed by atoms with Crippen LogP contribution >= 0.6 is 11.3 Å². The third-order valence-electron chi connectivity index (χ3n) is 3.97. The molecule has 1 heterocycles. The fraction of sp³-hybridized carbons (Fsp3) is 0.263. The third-order valence-corrected chi connectivity index (χ3v) is 4.95. The van der Waals surface area contributed by atoms with Crippen molar-refractivity contribution in [3.8, 4) is 0 Å². The largest absolute Gasteiger partial charge is 0.306 e. The molecule has 0 saturated heterocycles. The average Bonchev–Trinajstić information content (AvgIpc) is 2.83. The Bertz CT molecular complexity index is 757. The van der Waals surface area contributed by atoms with Gasteiger partial charge in [0, 0.05) is 22.3 Å². The van der Waals surface area contributed by atoms with E-state index in [0.29, 0.717) is 6.04 Å². The summed E-state index contributed by atoms with van der Waals surface area (Å²) in [4.78, 5) is 2.81. The van der Waals surface area contributed by atoms with Crippen LogP contribution in [0, 0.1) is 13.8 Å². The van der Waals surface area contributed by atoms with Gasteiger partial charge in [-0.25, -0.2) is 0 Å². The number of thiophene rings is 1. The molecule has 0 radical (unpaired) electrons. The van der Waals surface area contributed by atoms with E-state index in [4.69, 9.17) is 0 Å². The highest BCUT2D eigenvalue weighted by atomic mass is 32.1. The number of hydrogen-bond donors (Lipinski definition) is 1. The van der Waals surface area contributed by atoms with Gasteiger partial charge in [-0.15, -0.1) is 11.3 Å². The lowest BCUT2D eigenvalue weighted by Gasteiger charge is -2.14. The first-order chi connectivity index (χ1) is 10.1. The van der Waals surface area contributed by atoms with Crippen LogP contribution < -0.4 is 5.32 Å². The number of fused-ring (bicyclic) bond motifs is 1. The van der Waals surface area contributed by atoms with E-state index < -0.39 is 0 Å². The first-order valence-corrected chi connectivity index (χ1v) is 8.23. The van der Waals surface area contributed by atoms with Crippen molar-refractivity contribution in [1.29, 1.82) is 0 Å². The van der Waals surface area contributed by atoms with E-state index >= 15 is 0 Å². The van der Waals surface area contributed by atoms with Crippen molar-refractivity contribution in [2.24, 2.45) is 0 Å². The highest BCUT2D eigenvalue weighted by molar-refractivity contribution is 7.12. The molecule has 0 amide bonds. The van der Waals surface area contributed by atoms with Gasteiger partial charge < -0.3 is 5.32 Å². The fourth-order valence-corrected chi connectivity index (χ4v) is 3.83. The zero-order chi connectivity index (χ0) is 14.8. The molecule has 2 aromatic carbocycles. The van der Waals surface area contributed by atoms with E-state index in [0.717, 1.165) is 6.54 Å². The maximum atomic E-state index is 3.64. The van der Waals surface area contributed by atoms with Gasteiger partial charge in [0.25, 0.3) is 0 Å². The molecule has 21 heavy (non-hydrogen) atoms. The van der Waals surface area contributed by atoms with Crippen LogP contribution in [0.4, 0.5) is 0 Å². The number of aryl methyl sites for hydroxylation is 2. The van der Waals surface area contributed by atoms with Crippen molar-refractivity contribution in [3.63, 3.8) is 0 Å². The average molecular weight is 295 g/mol. The summed E-state index contributed by atoms with van der Waals surface area (Å²) in [6, 6.07) is 17.9. The maximum Gasteiger partial charge on any atom is 0.0305 e. The van der Waals surface area contributed by atoms with Crippen molar-refractivity contribution in [2.75, 3.05) is 0 Å². The van der Waals surface area contributed by atoms with E-state index in [2.05, 4.69) is 74.6 Å². The highest BCUT2D eigenvalue weighted by Gasteiger charge is 2.10. The van der Waals surface area contributed by atoms with Crippen molar-refractivity contribution in [3.05, 3.63) is 69.4 Å². The predicted molar refractivity (Wildman–Crippen MR) is 93.0 cm³/mol. The van der Waals surface area contributed by atoms with Crippen LogP contribution in [0.15, 0.2) is 48.5 Å². The SMILES string of the molecule is Cc1cc(C(C)NCc2ccc3ccccc3c2)c(C)s1. The summed E-state index contributed by atoms with van der Waals surface area (Å²) in [5.41, 5.74) is 2.77. The molecule has 3 rings (SSSR count). The van der Waals surface area contributed by atoms with Crippen LogP contribution in [0.25, 0.3) is 10.8 Å². The summed E-state index contributed by atoms with van der Waals surface area (Å²) in [5.74, 6) is 0. The summed E-state index contributed by atoms with van der Waals surface area (Å²) < 4.78 is 0. The second-order valence-corrected chi connectivity index (χ2v) is 7.11. The lowest BCUT2D eigenvalue weighted by molar-refractivity contribution is 0.574. The van der Waals surface area contributed by atoms with E-state index in [1.165, 1.54) is 31.7 Å². The van der Waals surface area contributed by atoms with Crippen LogP contribution in [0.5, 0.6) is 0 Å². The molecule has 1 unspecified atom stereocenters. The molecule has 0 aliphatic carbocycles. The summed E-state index contributed by atoms with van der Waals surface area (Å²) in [6.07, 6.45) is 0. The maximum absolute atomic E-state index is 3.64. The molecule has 0 bridgehead atoms. The topological polar surface area (TPSA) is 12.0 Å². The molecular weight excluding hydrogens is 274 g/mol. The Morgan fingerprint density at radius 3 is 2.48 bits per heavy atom. The third kappa shape index (κ3) is 3.17. The first-order valence-electron chi connectivity index (χ1n) is 7.41. The highest BCUT2D eigenvalue weighted by Crippen LogP contribution is 2.26. The lowest BCUT2D eigenvalue weighted by Crippen LogP contribution is -2.18. The standard InChI is InChI=1S/C19H21NS/c1-13-10-19(15(3)21-13)14(2)20-12-16-8-9-17-6-4-5-7-18(17)11-16/h4-11,14,20H,12H2,1-3H3. The minimum absolute atomic E-state index is 0.390. The Morgan fingerprint density at radius 2 is 1.76 bits per heavy atom. The number of hydrogen-bond acceptors (Lipinski definition) is 2. The summed E-state index contributed by atoms with van der Waals surface area (Å²) in [5, 5.41) is 6.26. The van der Waals surface area contributed by atoms with Crippen LogP contribution in [0.1, 0.15) is 33.8 Å². The van der Waals surface area contributed by atoms with Crippen molar-refractivity contribution in [1.82, 2.24) is 5.32 Å². The Labute approximate surface area is 130 Å².